The van der Waals surface area contributed by atoms with Crippen LogP contribution in [-0.2, 0) is 6.54 Å². The van der Waals surface area contributed by atoms with Crippen LogP contribution in [0.15, 0.2) is 47.1 Å². The highest BCUT2D eigenvalue weighted by atomic mass is 14.9. The van der Waals surface area contributed by atoms with Crippen molar-refractivity contribution < 1.29 is 0 Å². The first kappa shape index (κ1) is 11.9. The molecule has 2 heteroatoms. The maximum Gasteiger partial charge on any atom is 0.0643 e. The molecule has 17 heavy (non-hydrogen) atoms. The molecule has 0 bridgehead atoms. The van der Waals surface area contributed by atoms with Crippen LogP contribution in [0.5, 0.6) is 0 Å². The summed E-state index contributed by atoms with van der Waals surface area (Å²) in [4.78, 5) is 4.70. The van der Waals surface area contributed by atoms with Crippen molar-refractivity contribution >= 4 is 5.71 Å². The van der Waals surface area contributed by atoms with Crippen molar-refractivity contribution in [1.82, 2.24) is 5.32 Å². The van der Waals surface area contributed by atoms with Gasteiger partial charge in [0.15, 0.2) is 0 Å². The molecule has 1 aromatic rings. The third-order valence-electron chi connectivity index (χ3n) is 3.07. The monoisotopic (exact) mass is 228 g/mol. The Morgan fingerprint density at radius 1 is 1.29 bits per heavy atom. The molecule has 1 unspecified atom stereocenters. The highest BCUT2D eigenvalue weighted by Gasteiger charge is 2.13. The Balaban J connectivity index is 2.04. The molecule has 0 spiro atoms. The molecule has 0 amide bonds. The van der Waals surface area contributed by atoms with E-state index in [9.17, 15) is 0 Å². The highest BCUT2D eigenvalue weighted by Crippen LogP contribution is 2.12. The topological polar surface area (TPSA) is 24.4 Å². The number of hydrogen-bond acceptors (Lipinski definition) is 2. The zero-order chi connectivity index (χ0) is 12.1. The molecule has 90 valence electrons. The molecule has 0 radical (unpaired) electrons. The van der Waals surface area contributed by atoms with Crippen molar-refractivity contribution in [3.63, 3.8) is 0 Å². The lowest BCUT2D eigenvalue weighted by Gasteiger charge is -2.23. The number of allylic oxidation sites excluding steroid dienone is 2. The van der Waals surface area contributed by atoms with Gasteiger partial charge in [0.25, 0.3) is 0 Å². The van der Waals surface area contributed by atoms with Crippen molar-refractivity contribution in [2.24, 2.45) is 4.99 Å². The average Bonchev–Trinajstić information content (AvgIpc) is 2.37. The van der Waals surface area contributed by atoms with Crippen LogP contribution < -0.4 is 5.32 Å². The summed E-state index contributed by atoms with van der Waals surface area (Å²) in [6.07, 6.45) is 4.35. The molecule has 1 aromatic carbocycles. The van der Waals surface area contributed by atoms with Crippen LogP contribution in [0.1, 0.15) is 32.3 Å². The maximum atomic E-state index is 4.70. The smallest absolute Gasteiger partial charge is 0.0643 e. The summed E-state index contributed by atoms with van der Waals surface area (Å²) < 4.78 is 0. The van der Waals surface area contributed by atoms with Gasteiger partial charge >= 0.3 is 0 Å². The Labute approximate surface area is 103 Å². The van der Waals surface area contributed by atoms with Gasteiger partial charge in [0.1, 0.15) is 0 Å². The largest absolute Gasteiger partial charge is 0.385 e. The molecule has 0 aromatic heterocycles. The van der Waals surface area contributed by atoms with E-state index in [-0.39, 0.29) is 0 Å². The Morgan fingerprint density at radius 3 is 2.76 bits per heavy atom. The Kier molecular flexibility index (Phi) is 3.97. The second-order valence-electron chi connectivity index (χ2n) is 4.57. The summed E-state index contributed by atoms with van der Waals surface area (Å²) in [7, 11) is 0. The first-order chi connectivity index (χ1) is 8.28. The molecule has 1 aliphatic heterocycles. The van der Waals surface area contributed by atoms with Gasteiger partial charge in [0, 0.05) is 23.9 Å². The molecule has 2 nitrogen and oxygen atoms in total. The molecule has 0 saturated carbocycles. The molecule has 1 atom stereocenters. The fraction of sp³-hybridized carbons (Fsp3) is 0.400. The predicted molar refractivity (Wildman–Crippen MR) is 73.2 cm³/mol. The summed E-state index contributed by atoms with van der Waals surface area (Å²) in [6, 6.07) is 11.0. The third-order valence-corrected chi connectivity index (χ3v) is 3.07. The maximum absolute atomic E-state index is 4.70. The van der Waals surface area contributed by atoms with Crippen molar-refractivity contribution in [3.05, 3.63) is 47.7 Å². The minimum atomic E-state index is 0.550. The van der Waals surface area contributed by atoms with Crippen LogP contribution in [0.25, 0.3) is 0 Å². The molecular weight excluding hydrogens is 208 g/mol. The highest BCUT2D eigenvalue weighted by molar-refractivity contribution is 5.96. The van der Waals surface area contributed by atoms with E-state index < -0.39 is 0 Å². The molecule has 1 heterocycles. The third kappa shape index (κ3) is 3.45. The van der Waals surface area contributed by atoms with Crippen LogP contribution in [0.4, 0.5) is 0 Å². The molecular formula is C15H20N2. The number of nitrogens with one attached hydrogen (secondary N) is 1. The van der Waals surface area contributed by atoms with Crippen molar-refractivity contribution in [1.29, 1.82) is 0 Å². The SMILES string of the molecule is CCC1CC(=NCc2ccccc2)C=C(C)N1. The van der Waals surface area contributed by atoms with E-state index in [1.54, 1.807) is 0 Å². The summed E-state index contributed by atoms with van der Waals surface area (Å²) >= 11 is 0. The molecule has 2 rings (SSSR count). The van der Waals surface area contributed by atoms with E-state index in [0.29, 0.717) is 6.04 Å². The fourth-order valence-corrected chi connectivity index (χ4v) is 2.11. The fourth-order valence-electron chi connectivity index (χ4n) is 2.11. The second-order valence-corrected chi connectivity index (χ2v) is 4.57. The quantitative estimate of drug-likeness (QED) is 0.843. The van der Waals surface area contributed by atoms with Crippen LogP contribution in [0.3, 0.4) is 0 Å². The average molecular weight is 228 g/mol. The molecule has 0 saturated heterocycles. The van der Waals surface area contributed by atoms with E-state index in [1.807, 2.05) is 6.07 Å². The zero-order valence-corrected chi connectivity index (χ0v) is 10.6. The van der Waals surface area contributed by atoms with Crippen molar-refractivity contribution in [2.75, 3.05) is 0 Å². The predicted octanol–water partition coefficient (Wildman–Crippen LogP) is 3.30. The van der Waals surface area contributed by atoms with E-state index in [0.717, 1.165) is 19.4 Å². The summed E-state index contributed by atoms with van der Waals surface area (Å²) in [6.45, 7) is 5.11. The molecule has 0 aliphatic carbocycles. The number of hydrogen-bond donors (Lipinski definition) is 1. The van der Waals surface area contributed by atoms with E-state index in [2.05, 4.69) is 49.5 Å². The van der Waals surface area contributed by atoms with Gasteiger partial charge in [-0.1, -0.05) is 37.3 Å². The van der Waals surface area contributed by atoms with Gasteiger partial charge < -0.3 is 5.32 Å². The van der Waals surface area contributed by atoms with Gasteiger partial charge in [0.2, 0.25) is 0 Å². The van der Waals surface area contributed by atoms with Crippen LogP contribution in [0, 0.1) is 0 Å². The zero-order valence-electron chi connectivity index (χ0n) is 10.6. The lowest BCUT2D eigenvalue weighted by atomic mass is 10.0. The van der Waals surface area contributed by atoms with Crippen molar-refractivity contribution in [3.8, 4) is 0 Å². The summed E-state index contributed by atoms with van der Waals surface area (Å²) in [5.74, 6) is 0. The van der Waals surface area contributed by atoms with E-state index in [4.69, 9.17) is 4.99 Å². The van der Waals surface area contributed by atoms with Crippen LogP contribution >= 0.6 is 0 Å². The van der Waals surface area contributed by atoms with Crippen molar-refractivity contribution in [2.45, 2.75) is 39.3 Å². The second kappa shape index (κ2) is 5.67. The lowest BCUT2D eigenvalue weighted by molar-refractivity contribution is 0.557. The Hall–Kier alpha value is -1.57. The number of benzene rings is 1. The van der Waals surface area contributed by atoms with Gasteiger partial charge in [-0.05, 0) is 25.0 Å². The lowest BCUT2D eigenvalue weighted by Crippen LogP contribution is -2.33. The standard InChI is InChI=1S/C15H20N2/c1-3-14-10-15(9-12(2)17-14)16-11-13-7-5-4-6-8-13/h4-9,14,17H,3,10-11H2,1-2H3. The number of nitrogens with zero attached hydrogens (tertiary/aromatic N) is 1. The first-order valence-corrected chi connectivity index (χ1v) is 6.30. The minimum Gasteiger partial charge on any atom is -0.385 e. The van der Waals surface area contributed by atoms with E-state index >= 15 is 0 Å². The van der Waals surface area contributed by atoms with Gasteiger partial charge in [-0.15, -0.1) is 0 Å². The summed E-state index contributed by atoms with van der Waals surface area (Å²) in [5.41, 5.74) is 3.73. The van der Waals surface area contributed by atoms with Gasteiger partial charge in [-0.25, -0.2) is 0 Å². The summed E-state index contributed by atoms with van der Waals surface area (Å²) in [5, 5.41) is 3.47. The van der Waals surface area contributed by atoms with E-state index in [1.165, 1.54) is 17.0 Å². The molecule has 1 aliphatic rings. The normalized spacial score (nSPS) is 22.1. The minimum absolute atomic E-state index is 0.550. The van der Waals surface area contributed by atoms with Crippen LogP contribution in [0.2, 0.25) is 0 Å². The Morgan fingerprint density at radius 2 is 2.06 bits per heavy atom. The van der Waals surface area contributed by atoms with Gasteiger partial charge in [-0.2, -0.15) is 0 Å². The van der Waals surface area contributed by atoms with Crippen LogP contribution in [-0.4, -0.2) is 11.8 Å². The number of rotatable bonds is 3. The number of aliphatic imine (C=N–C) groups is 1. The first-order valence-electron chi connectivity index (χ1n) is 6.30. The molecule has 1 N–H and O–H groups in total. The Bertz CT molecular complexity index is 418. The van der Waals surface area contributed by atoms with Gasteiger partial charge in [0.05, 0.1) is 6.54 Å². The van der Waals surface area contributed by atoms with Gasteiger partial charge in [-0.3, -0.25) is 4.99 Å². The molecule has 0 fully saturated rings.